The van der Waals surface area contributed by atoms with Crippen molar-refractivity contribution in [1.29, 1.82) is 0 Å². The summed E-state index contributed by atoms with van der Waals surface area (Å²) in [6, 6.07) is 0. The summed E-state index contributed by atoms with van der Waals surface area (Å²) in [5, 5.41) is 8.97. The monoisotopic (exact) mass is 215 g/mol. The average molecular weight is 215 g/mol. The van der Waals surface area contributed by atoms with Gasteiger partial charge in [-0.2, -0.15) is 0 Å². The summed E-state index contributed by atoms with van der Waals surface area (Å²) in [5.41, 5.74) is 0. The highest BCUT2D eigenvalue weighted by molar-refractivity contribution is 5.79. The second-order valence-electron chi connectivity index (χ2n) is 4.02. The largest absolute Gasteiger partial charge is 0.394 e. The molecule has 2 unspecified atom stereocenters. The van der Waals surface area contributed by atoms with Crippen molar-refractivity contribution in [3.05, 3.63) is 0 Å². The first-order valence-corrected chi connectivity index (χ1v) is 5.40. The van der Waals surface area contributed by atoms with Gasteiger partial charge in [-0.25, -0.2) is 0 Å². The van der Waals surface area contributed by atoms with Gasteiger partial charge >= 0.3 is 0 Å². The van der Waals surface area contributed by atoms with Gasteiger partial charge in [-0.15, -0.1) is 0 Å². The number of ether oxygens (including phenoxy) is 2. The molecule has 86 valence electrons. The Balaban J connectivity index is 1.88. The van der Waals surface area contributed by atoms with Gasteiger partial charge in [-0.05, 0) is 6.42 Å². The van der Waals surface area contributed by atoms with Crippen LogP contribution in [0.25, 0.3) is 0 Å². The van der Waals surface area contributed by atoms with Crippen LogP contribution in [0.3, 0.4) is 0 Å². The lowest BCUT2D eigenvalue weighted by Crippen LogP contribution is -2.49. The lowest BCUT2D eigenvalue weighted by Gasteiger charge is -2.33. The minimum atomic E-state index is -0.218. The van der Waals surface area contributed by atoms with Crippen molar-refractivity contribution in [2.75, 3.05) is 39.5 Å². The van der Waals surface area contributed by atoms with E-state index in [0.717, 1.165) is 6.42 Å². The molecule has 0 radical (unpaired) electrons. The molecule has 0 aromatic rings. The fourth-order valence-corrected chi connectivity index (χ4v) is 2.02. The summed E-state index contributed by atoms with van der Waals surface area (Å²) in [7, 11) is 0. The summed E-state index contributed by atoms with van der Waals surface area (Å²) in [5.74, 6) is 0.164. The highest BCUT2D eigenvalue weighted by atomic mass is 16.5. The van der Waals surface area contributed by atoms with E-state index in [1.165, 1.54) is 0 Å². The van der Waals surface area contributed by atoms with Crippen LogP contribution in [0.1, 0.15) is 6.42 Å². The summed E-state index contributed by atoms with van der Waals surface area (Å²) < 4.78 is 10.5. The maximum atomic E-state index is 12.0. The molecule has 0 saturated carbocycles. The third-order valence-corrected chi connectivity index (χ3v) is 2.93. The third-order valence-electron chi connectivity index (χ3n) is 2.93. The van der Waals surface area contributed by atoms with Crippen LogP contribution in [0.2, 0.25) is 0 Å². The number of carbonyl (C=O) groups excluding carboxylic acids is 1. The second kappa shape index (κ2) is 4.92. The van der Waals surface area contributed by atoms with E-state index in [2.05, 4.69) is 0 Å². The zero-order valence-corrected chi connectivity index (χ0v) is 8.72. The third kappa shape index (κ3) is 2.48. The zero-order valence-electron chi connectivity index (χ0n) is 8.72. The van der Waals surface area contributed by atoms with E-state index >= 15 is 0 Å². The van der Waals surface area contributed by atoms with Crippen LogP contribution in [-0.4, -0.2) is 61.5 Å². The second-order valence-corrected chi connectivity index (χ2v) is 4.02. The lowest BCUT2D eigenvalue weighted by molar-refractivity contribution is -0.144. The van der Waals surface area contributed by atoms with Crippen LogP contribution in [0.5, 0.6) is 0 Å². The number of hydrogen-bond acceptors (Lipinski definition) is 4. The molecule has 0 aromatic heterocycles. The molecule has 1 N–H and O–H groups in total. The van der Waals surface area contributed by atoms with Crippen molar-refractivity contribution in [3.8, 4) is 0 Å². The number of aliphatic hydroxyl groups excluding tert-OH is 1. The van der Waals surface area contributed by atoms with E-state index in [0.29, 0.717) is 32.9 Å². The van der Waals surface area contributed by atoms with E-state index in [4.69, 9.17) is 14.6 Å². The smallest absolute Gasteiger partial charge is 0.228 e. The molecular weight excluding hydrogens is 198 g/mol. The van der Waals surface area contributed by atoms with Crippen LogP contribution >= 0.6 is 0 Å². The Bertz CT molecular complexity index is 227. The van der Waals surface area contributed by atoms with E-state index < -0.39 is 0 Å². The number of amides is 1. The molecule has 2 rings (SSSR count). The van der Waals surface area contributed by atoms with Crippen molar-refractivity contribution in [2.24, 2.45) is 5.92 Å². The Hall–Kier alpha value is -0.650. The number of nitrogens with zero attached hydrogens (tertiary/aromatic N) is 1. The van der Waals surface area contributed by atoms with Crippen LogP contribution in [0.15, 0.2) is 0 Å². The van der Waals surface area contributed by atoms with Crippen molar-refractivity contribution < 1.29 is 19.4 Å². The normalized spacial score (nSPS) is 31.9. The molecular formula is C10H17NO4. The first kappa shape index (κ1) is 10.9. The van der Waals surface area contributed by atoms with Crippen LogP contribution in [-0.2, 0) is 14.3 Å². The molecule has 5 nitrogen and oxygen atoms in total. The minimum Gasteiger partial charge on any atom is -0.394 e. The molecule has 2 saturated heterocycles. The van der Waals surface area contributed by atoms with Gasteiger partial charge in [0.15, 0.2) is 0 Å². The van der Waals surface area contributed by atoms with Crippen LogP contribution in [0, 0.1) is 5.92 Å². The molecule has 2 aliphatic rings. The Morgan fingerprint density at radius 1 is 1.47 bits per heavy atom. The Morgan fingerprint density at radius 3 is 3.00 bits per heavy atom. The van der Waals surface area contributed by atoms with Gasteiger partial charge < -0.3 is 19.5 Å². The maximum absolute atomic E-state index is 12.0. The number of aliphatic hydroxyl groups is 1. The number of hydrogen-bond donors (Lipinski definition) is 1. The molecule has 5 heteroatoms. The van der Waals surface area contributed by atoms with Crippen LogP contribution < -0.4 is 0 Å². The molecule has 2 aliphatic heterocycles. The molecule has 0 spiro atoms. The fraction of sp³-hybridized carbons (Fsp3) is 0.900. The molecule has 2 heterocycles. The molecule has 15 heavy (non-hydrogen) atoms. The van der Waals surface area contributed by atoms with Gasteiger partial charge in [0, 0.05) is 19.7 Å². The number of carbonyl (C=O) groups is 1. The van der Waals surface area contributed by atoms with Crippen molar-refractivity contribution in [2.45, 2.75) is 12.5 Å². The summed E-state index contributed by atoms with van der Waals surface area (Å²) in [6.07, 6.45) is 0.602. The quantitative estimate of drug-likeness (QED) is 0.658. The molecule has 2 fully saturated rings. The van der Waals surface area contributed by atoms with E-state index in [-0.39, 0.29) is 24.5 Å². The first-order valence-electron chi connectivity index (χ1n) is 5.40. The van der Waals surface area contributed by atoms with Crippen molar-refractivity contribution >= 4 is 5.91 Å². The number of morpholine rings is 1. The van der Waals surface area contributed by atoms with Gasteiger partial charge in [0.2, 0.25) is 5.91 Å². The molecule has 1 amide bonds. The molecule has 2 atom stereocenters. The van der Waals surface area contributed by atoms with Gasteiger partial charge in [-0.1, -0.05) is 0 Å². The van der Waals surface area contributed by atoms with E-state index in [1.807, 2.05) is 0 Å². The van der Waals surface area contributed by atoms with Gasteiger partial charge in [0.05, 0.1) is 31.8 Å². The number of rotatable bonds is 2. The highest BCUT2D eigenvalue weighted by Crippen LogP contribution is 2.17. The molecule has 0 bridgehead atoms. The predicted octanol–water partition coefficient (Wildman–Crippen LogP) is -0.757. The topological polar surface area (TPSA) is 59.0 Å². The Kier molecular flexibility index (Phi) is 3.56. The molecule has 0 aliphatic carbocycles. The standard InChI is InChI=1S/C10H17NO4/c12-6-9-5-11(2-4-15-9)10(13)8-1-3-14-7-8/h8-9,12H,1-7H2. The first-order chi connectivity index (χ1) is 7.31. The zero-order chi connectivity index (χ0) is 10.7. The van der Waals surface area contributed by atoms with E-state index in [1.54, 1.807) is 4.90 Å². The van der Waals surface area contributed by atoms with Crippen molar-refractivity contribution in [1.82, 2.24) is 4.90 Å². The van der Waals surface area contributed by atoms with Gasteiger partial charge in [-0.3, -0.25) is 4.79 Å². The SMILES string of the molecule is O=C(C1CCOC1)N1CCOC(CO)C1. The summed E-state index contributed by atoms with van der Waals surface area (Å²) in [6.45, 7) is 2.86. The minimum absolute atomic E-state index is 0.0162. The van der Waals surface area contributed by atoms with Gasteiger partial charge in [0.1, 0.15) is 0 Å². The van der Waals surface area contributed by atoms with Crippen LogP contribution in [0.4, 0.5) is 0 Å². The summed E-state index contributed by atoms with van der Waals surface area (Å²) >= 11 is 0. The average Bonchev–Trinajstić information content (AvgIpc) is 2.81. The fourth-order valence-electron chi connectivity index (χ4n) is 2.02. The van der Waals surface area contributed by atoms with E-state index in [9.17, 15) is 4.79 Å². The Labute approximate surface area is 89.0 Å². The van der Waals surface area contributed by atoms with Crippen molar-refractivity contribution in [3.63, 3.8) is 0 Å². The Morgan fingerprint density at radius 2 is 2.33 bits per heavy atom. The molecule has 0 aromatic carbocycles. The van der Waals surface area contributed by atoms with Gasteiger partial charge in [0.25, 0.3) is 0 Å². The lowest BCUT2D eigenvalue weighted by atomic mass is 10.1. The maximum Gasteiger partial charge on any atom is 0.228 e. The summed E-state index contributed by atoms with van der Waals surface area (Å²) in [4.78, 5) is 13.8. The predicted molar refractivity (Wildman–Crippen MR) is 52.3 cm³/mol. The highest BCUT2D eigenvalue weighted by Gasteiger charge is 2.31.